The Hall–Kier alpha value is -1.46. The minimum absolute atomic E-state index is 0.462. The van der Waals surface area contributed by atoms with Crippen molar-refractivity contribution < 1.29 is 0 Å². The van der Waals surface area contributed by atoms with Crippen molar-refractivity contribution in [3.8, 4) is 6.07 Å². The molecule has 86 valence electrons. The highest BCUT2D eigenvalue weighted by molar-refractivity contribution is 6.30. The van der Waals surface area contributed by atoms with Crippen LogP contribution in [-0.2, 0) is 0 Å². The number of hydrogen-bond donors (Lipinski definition) is 1. The van der Waals surface area contributed by atoms with Gasteiger partial charge in [-0.2, -0.15) is 5.26 Å². The molecule has 0 amide bonds. The Bertz CT molecular complexity index is 515. The van der Waals surface area contributed by atoms with Crippen LogP contribution < -0.4 is 5.32 Å². The monoisotopic (exact) mass is 244 g/mol. The molecule has 2 nitrogen and oxygen atoms in total. The number of rotatable bonds is 2. The van der Waals surface area contributed by atoms with Crippen molar-refractivity contribution in [2.24, 2.45) is 11.8 Å². The number of anilines is 1. The molecule has 0 heterocycles. The molecule has 0 saturated heterocycles. The molecule has 1 N–H and O–H groups in total. The standard InChI is InChI=1S/C14H13ClN2/c15-11-5-4-10(8-16)13(7-11)17-14-6-9-2-1-3-12(9)14/h1,3-5,7,9,12,14,17H,2,6H2. The van der Waals surface area contributed by atoms with E-state index in [1.54, 1.807) is 12.1 Å². The van der Waals surface area contributed by atoms with Crippen LogP contribution in [0, 0.1) is 23.2 Å². The fraction of sp³-hybridized carbons (Fsp3) is 0.357. The molecule has 0 radical (unpaired) electrons. The maximum Gasteiger partial charge on any atom is 0.101 e. The first-order valence-electron chi connectivity index (χ1n) is 5.91. The van der Waals surface area contributed by atoms with Gasteiger partial charge in [-0.1, -0.05) is 23.8 Å². The van der Waals surface area contributed by atoms with Gasteiger partial charge < -0.3 is 5.32 Å². The van der Waals surface area contributed by atoms with Gasteiger partial charge in [0.1, 0.15) is 6.07 Å². The van der Waals surface area contributed by atoms with Crippen molar-refractivity contribution in [1.82, 2.24) is 0 Å². The van der Waals surface area contributed by atoms with Crippen LogP contribution in [0.3, 0.4) is 0 Å². The molecule has 3 unspecified atom stereocenters. The van der Waals surface area contributed by atoms with E-state index in [0.717, 1.165) is 11.6 Å². The lowest BCUT2D eigenvalue weighted by Gasteiger charge is -2.41. The smallest absolute Gasteiger partial charge is 0.101 e. The number of fused-ring (bicyclic) bond motifs is 1. The molecule has 1 aromatic rings. The zero-order valence-corrected chi connectivity index (χ0v) is 10.1. The minimum Gasteiger partial charge on any atom is -0.381 e. The van der Waals surface area contributed by atoms with Crippen LogP contribution in [0.15, 0.2) is 30.4 Å². The van der Waals surface area contributed by atoms with Crippen molar-refractivity contribution in [2.75, 3.05) is 5.32 Å². The molecule has 3 atom stereocenters. The topological polar surface area (TPSA) is 35.8 Å². The summed E-state index contributed by atoms with van der Waals surface area (Å²) in [7, 11) is 0. The maximum atomic E-state index is 9.05. The van der Waals surface area contributed by atoms with E-state index in [1.165, 1.54) is 12.8 Å². The molecule has 0 bridgehead atoms. The second-order valence-electron chi connectivity index (χ2n) is 4.79. The summed E-state index contributed by atoms with van der Waals surface area (Å²) in [5, 5.41) is 13.2. The normalized spacial score (nSPS) is 29.3. The fourth-order valence-corrected chi connectivity index (χ4v) is 2.99. The molecular formula is C14H13ClN2. The van der Waals surface area contributed by atoms with Crippen LogP contribution in [0.4, 0.5) is 5.69 Å². The third kappa shape index (κ3) is 1.81. The van der Waals surface area contributed by atoms with Gasteiger partial charge in [-0.05, 0) is 37.0 Å². The Labute approximate surface area is 106 Å². The summed E-state index contributed by atoms with van der Waals surface area (Å²) in [6.45, 7) is 0. The summed E-state index contributed by atoms with van der Waals surface area (Å²) < 4.78 is 0. The van der Waals surface area contributed by atoms with E-state index >= 15 is 0 Å². The van der Waals surface area contributed by atoms with Crippen molar-refractivity contribution in [1.29, 1.82) is 5.26 Å². The summed E-state index contributed by atoms with van der Waals surface area (Å²) in [6, 6.07) is 8.02. The quantitative estimate of drug-likeness (QED) is 0.807. The lowest BCUT2D eigenvalue weighted by molar-refractivity contribution is 0.218. The highest BCUT2D eigenvalue weighted by atomic mass is 35.5. The molecular weight excluding hydrogens is 232 g/mol. The number of hydrogen-bond acceptors (Lipinski definition) is 2. The third-order valence-corrected chi connectivity index (χ3v) is 4.04. The predicted molar refractivity (Wildman–Crippen MR) is 68.9 cm³/mol. The zero-order valence-electron chi connectivity index (χ0n) is 9.36. The van der Waals surface area contributed by atoms with Crippen LogP contribution in [0.25, 0.3) is 0 Å². The third-order valence-electron chi connectivity index (χ3n) is 3.81. The van der Waals surface area contributed by atoms with Gasteiger partial charge in [0.15, 0.2) is 0 Å². The Balaban J connectivity index is 1.79. The number of allylic oxidation sites excluding steroid dienone is 1. The number of nitrogens with zero attached hydrogens (tertiary/aromatic N) is 1. The number of nitrogens with one attached hydrogen (secondary N) is 1. The van der Waals surface area contributed by atoms with Gasteiger partial charge in [0.2, 0.25) is 0 Å². The molecule has 3 heteroatoms. The molecule has 1 saturated carbocycles. The van der Waals surface area contributed by atoms with Crippen molar-refractivity contribution in [3.05, 3.63) is 40.9 Å². The zero-order chi connectivity index (χ0) is 11.8. The van der Waals surface area contributed by atoms with Crippen molar-refractivity contribution >= 4 is 17.3 Å². The van der Waals surface area contributed by atoms with E-state index in [9.17, 15) is 0 Å². The van der Waals surface area contributed by atoms with Gasteiger partial charge in [0.05, 0.1) is 11.3 Å². The van der Waals surface area contributed by atoms with E-state index in [0.29, 0.717) is 22.5 Å². The van der Waals surface area contributed by atoms with Crippen LogP contribution in [0.2, 0.25) is 5.02 Å². The van der Waals surface area contributed by atoms with Crippen LogP contribution in [0.1, 0.15) is 18.4 Å². The van der Waals surface area contributed by atoms with Crippen LogP contribution in [-0.4, -0.2) is 6.04 Å². The Morgan fingerprint density at radius 3 is 3.06 bits per heavy atom. The molecule has 1 fully saturated rings. The maximum absolute atomic E-state index is 9.05. The van der Waals surface area contributed by atoms with E-state index in [-0.39, 0.29) is 0 Å². The number of benzene rings is 1. The Morgan fingerprint density at radius 2 is 2.29 bits per heavy atom. The summed E-state index contributed by atoms with van der Waals surface area (Å²) >= 11 is 5.97. The molecule has 2 aliphatic carbocycles. The largest absolute Gasteiger partial charge is 0.381 e. The van der Waals surface area contributed by atoms with Crippen molar-refractivity contribution in [3.63, 3.8) is 0 Å². The number of halogens is 1. The Kier molecular flexibility index (Phi) is 2.57. The average molecular weight is 245 g/mol. The second kappa shape index (κ2) is 4.09. The summed E-state index contributed by atoms with van der Waals surface area (Å²) in [5.74, 6) is 1.46. The summed E-state index contributed by atoms with van der Waals surface area (Å²) in [4.78, 5) is 0. The SMILES string of the molecule is N#Cc1ccc(Cl)cc1NC1CC2CC=CC21. The first-order valence-corrected chi connectivity index (χ1v) is 6.28. The van der Waals surface area contributed by atoms with Gasteiger partial charge in [-0.3, -0.25) is 0 Å². The Morgan fingerprint density at radius 1 is 1.41 bits per heavy atom. The van der Waals surface area contributed by atoms with Gasteiger partial charge >= 0.3 is 0 Å². The molecule has 0 aliphatic heterocycles. The van der Waals surface area contributed by atoms with E-state index < -0.39 is 0 Å². The molecule has 0 aromatic heterocycles. The average Bonchev–Trinajstić information content (AvgIpc) is 2.68. The minimum atomic E-state index is 0.462. The van der Waals surface area contributed by atoms with Gasteiger partial charge in [0.25, 0.3) is 0 Å². The highest BCUT2D eigenvalue weighted by Gasteiger charge is 2.41. The first-order chi connectivity index (χ1) is 8.28. The summed E-state index contributed by atoms with van der Waals surface area (Å²) in [5.41, 5.74) is 1.53. The molecule has 1 aromatic carbocycles. The van der Waals surface area contributed by atoms with E-state index in [1.807, 2.05) is 6.07 Å². The second-order valence-corrected chi connectivity index (χ2v) is 5.23. The predicted octanol–water partition coefficient (Wildman–Crippen LogP) is 3.59. The highest BCUT2D eigenvalue weighted by Crippen LogP contribution is 2.44. The lowest BCUT2D eigenvalue weighted by atomic mass is 9.71. The molecule has 0 spiro atoms. The van der Waals surface area contributed by atoms with E-state index in [2.05, 4.69) is 23.5 Å². The van der Waals surface area contributed by atoms with E-state index in [4.69, 9.17) is 16.9 Å². The fourth-order valence-electron chi connectivity index (χ4n) is 2.82. The van der Waals surface area contributed by atoms with Crippen LogP contribution >= 0.6 is 11.6 Å². The molecule has 3 rings (SSSR count). The van der Waals surface area contributed by atoms with Crippen LogP contribution in [0.5, 0.6) is 0 Å². The van der Waals surface area contributed by atoms with Gasteiger partial charge in [0, 0.05) is 17.0 Å². The number of nitriles is 1. The molecule has 2 aliphatic rings. The lowest BCUT2D eigenvalue weighted by Crippen LogP contribution is -2.43. The summed E-state index contributed by atoms with van der Waals surface area (Å²) in [6.07, 6.45) is 6.96. The molecule has 17 heavy (non-hydrogen) atoms. The van der Waals surface area contributed by atoms with Crippen molar-refractivity contribution in [2.45, 2.75) is 18.9 Å². The van der Waals surface area contributed by atoms with Gasteiger partial charge in [-0.15, -0.1) is 0 Å². The first kappa shape index (κ1) is 10.7. The van der Waals surface area contributed by atoms with Gasteiger partial charge in [-0.25, -0.2) is 0 Å².